The molecule has 0 bridgehead atoms. The lowest BCUT2D eigenvalue weighted by atomic mass is 9.96. The summed E-state index contributed by atoms with van der Waals surface area (Å²) in [7, 11) is 0. The molecule has 0 amide bonds. The number of nitrogens with zero attached hydrogens (tertiary/aromatic N) is 3. The van der Waals surface area contributed by atoms with Crippen LogP contribution < -0.4 is 0 Å². The molecule has 0 atom stereocenters. The van der Waals surface area contributed by atoms with Crippen molar-refractivity contribution in [3.05, 3.63) is 176 Å². The van der Waals surface area contributed by atoms with Crippen LogP contribution in [0, 0.1) is 0 Å². The lowest BCUT2D eigenvalue weighted by molar-refractivity contribution is 1.18. The molecule has 0 aliphatic carbocycles. The van der Waals surface area contributed by atoms with Crippen molar-refractivity contribution in [1.82, 2.24) is 15.0 Å². The third kappa shape index (κ3) is 5.47. The van der Waals surface area contributed by atoms with Gasteiger partial charge in [0, 0.05) is 29.1 Å². The average molecular weight is 588 g/mol. The summed E-state index contributed by atoms with van der Waals surface area (Å²) in [6, 6.07) is 57.3. The van der Waals surface area contributed by atoms with Gasteiger partial charge in [0.1, 0.15) is 0 Å². The number of benzene rings is 6. The first kappa shape index (κ1) is 27.4. The summed E-state index contributed by atoms with van der Waals surface area (Å²) in [4.78, 5) is 14.4. The van der Waals surface area contributed by atoms with Crippen molar-refractivity contribution in [3.8, 4) is 67.3 Å². The summed E-state index contributed by atoms with van der Waals surface area (Å²) in [5, 5.41) is 2.46. The van der Waals surface area contributed by atoms with Crippen LogP contribution in [0.2, 0.25) is 0 Å². The topological polar surface area (TPSA) is 38.7 Å². The Labute approximate surface area is 268 Å². The van der Waals surface area contributed by atoms with Crippen molar-refractivity contribution in [2.45, 2.75) is 0 Å². The van der Waals surface area contributed by atoms with Crippen molar-refractivity contribution in [1.29, 1.82) is 0 Å². The summed E-state index contributed by atoms with van der Waals surface area (Å²) in [5.41, 5.74) is 11.8. The van der Waals surface area contributed by atoms with E-state index in [0.29, 0.717) is 5.82 Å². The van der Waals surface area contributed by atoms with Crippen molar-refractivity contribution in [2.24, 2.45) is 0 Å². The normalized spacial score (nSPS) is 11.0. The highest BCUT2D eigenvalue weighted by molar-refractivity contribution is 5.97. The van der Waals surface area contributed by atoms with Crippen LogP contribution in [0.4, 0.5) is 0 Å². The van der Waals surface area contributed by atoms with Crippen LogP contribution in [0.1, 0.15) is 0 Å². The van der Waals surface area contributed by atoms with Gasteiger partial charge in [0.15, 0.2) is 5.82 Å². The van der Waals surface area contributed by atoms with Gasteiger partial charge in [-0.25, -0.2) is 9.97 Å². The minimum Gasteiger partial charge on any atom is -0.265 e. The summed E-state index contributed by atoms with van der Waals surface area (Å²) in [6.45, 7) is 0. The molecule has 0 saturated heterocycles. The fourth-order valence-electron chi connectivity index (χ4n) is 6.02. The molecule has 46 heavy (non-hydrogen) atoms. The molecular formula is C43H29N3. The van der Waals surface area contributed by atoms with E-state index in [1.54, 1.807) is 0 Å². The Kier molecular flexibility index (Phi) is 7.18. The van der Waals surface area contributed by atoms with Crippen molar-refractivity contribution < 1.29 is 0 Å². The maximum absolute atomic E-state index is 5.14. The Balaban J connectivity index is 1.23. The van der Waals surface area contributed by atoms with Crippen molar-refractivity contribution >= 4 is 10.8 Å². The molecule has 0 N–H and O–H groups in total. The Morgan fingerprint density at radius 1 is 0.326 bits per heavy atom. The second kappa shape index (κ2) is 12.1. The second-order valence-corrected chi connectivity index (χ2v) is 11.3. The van der Waals surface area contributed by atoms with Gasteiger partial charge in [0.05, 0.1) is 11.4 Å². The van der Waals surface area contributed by atoms with Gasteiger partial charge in [-0.15, -0.1) is 0 Å². The third-order valence-electron chi connectivity index (χ3n) is 8.43. The Morgan fingerprint density at radius 2 is 0.848 bits per heavy atom. The molecule has 3 nitrogen and oxygen atoms in total. The third-order valence-corrected chi connectivity index (χ3v) is 8.43. The molecule has 8 aromatic rings. The molecule has 3 heteroatoms. The SMILES string of the molecule is c1ccc(-c2ccc(-c3cc(-c4cccc(-c5cccc6ccccc56)c4)nc(-c4ccc(-c5ccncc5)cc4)n3)cc2)cc1. The zero-order valence-electron chi connectivity index (χ0n) is 25.1. The number of aromatic nitrogens is 3. The van der Waals surface area contributed by atoms with Gasteiger partial charge in [-0.3, -0.25) is 4.98 Å². The smallest absolute Gasteiger partial charge is 0.160 e. The maximum Gasteiger partial charge on any atom is 0.160 e. The zero-order valence-corrected chi connectivity index (χ0v) is 25.1. The first-order valence-electron chi connectivity index (χ1n) is 15.4. The van der Waals surface area contributed by atoms with Crippen LogP contribution in [0.15, 0.2) is 176 Å². The number of hydrogen-bond donors (Lipinski definition) is 0. The summed E-state index contributed by atoms with van der Waals surface area (Å²) in [5.74, 6) is 0.691. The monoisotopic (exact) mass is 587 g/mol. The van der Waals surface area contributed by atoms with Gasteiger partial charge in [0.2, 0.25) is 0 Å². The number of fused-ring (bicyclic) bond motifs is 1. The minimum atomic E-state index is 0.691. The largest absolute Gasteiger partial charge is 0.265 e. The first-order chi connectivity index (χ1) is 22.8. The van der Waals surface area contributed by atoms with E-state index in [1.165, 1.54) is 27.5 Å². The molecule has 6 aromatic carbocycles. The van der Waals surface area contributed by atoms with E-state index in [2.05, 4.69) is 151 Å². The van der Waals surface area contributed by atoms with E-state index >= 15 is 0 Å². The van der Waals surface area contributed by atoms with E-state index in [1.807, 2.05) is 30.6 Å². The molecule has 0 saturated carbocycles. The quantitative estimate of drug-likeness (QED) is 0.194. The van der Waals surface area contributed by atoms with E-state index in [0.717, 1.165) is 44.8 Å². The van der Waals surface area contributed by atoms with Crippen LogP contribution >= 0.6 is 0 Å². The Morgan fingerprint density at radius 3 is 1.61 bits per heavy atom. The van der Waals surface area contributed by atoms with Crippen LogP contribution in [0.5, 0.6) is 0 Å². The van der Waals surface area contributed by atoms with Crippen LogP contribution in [0.25, 0.3) is 78.1 Å². The minimum absolute atomic E-state index is 0.691. The van der Waals surface area contributed by atoms with Gasteiger partial charge >= 0.3 is 0 Å². The van der Waals surface area contributed by atoms with E-state index < -0.39 is 0 Å². The van der Waals surface area contributed by atoms with E-state index in [4.69, 9.17) is 9.97 Å². The highest BCUT2D eigenvalue weighted by Gasteiger charge is 2.13. The molecule has 2 aromatic heterocycles. The molecule has 0 radical (unpaired) electrons. The Hall–Kier alpha value is -6.19. The lowest BCUT2D eigenvalue weighted by Gasteiger charge is -2.12. The number of hydrogen-bond acceptors (Lipinski definition) is 3. The van der Waals surface area contributed by atoms with Crippen LogP contribution in [0.3, 0.4) is 0 Å². The fourth-order valence-corrected chi connectivity index (χ4v) is 6.02. The summed E-state index contributed by atoms with van der Waals surface area (Å²) >= 11 is 0. The predicted octanol–water partition coefficient (Wildman–Crippen LogP) is 11.0. The van der Waals surface area contributed by atoms with Crippen LogP contribution in [-0.4, -0.2) is 15.0 Å². The molecule has 0 spiro atoms. The summed E-state index contributed by atoms with van der Waals surface area (Å²) in [6.07, 6.45) is 3.63. The van der Waals surface area contributed by atoms with Gasteiger partial charge in [-0.2, -0.15) is 0 Å². The summed E-state index contributed by atoms with van der Waals surface area (Å²) < 4.78 is 0. The van der Waals surface area contributed by atoms with Gasteiger partial charge < -0.3 is 0 Å². The molecular weight excluding hydrogens is 558 g/mol. The standard InChI is InChI=1S/C43H29N3/c1-2-8-30(9-3-1)31-16-20-35(21-17-31)41-29-42(46-43(45-41)36-22-18-32(19-23-36)33-24-26-44-27-25-33)38-13-6-12-37(28-38)40-15-7-11-34-10-4-5-14-39(34)40/h1-29H. The highest BCUT2D eigenvalue weighted by Crippen LogP contribution is 2.34. The maximum atomic E-state index is 5.14. The van der Waals surface area contributed by atoms with E-state index in [9.17, 15) is 0 Å². The molecule has 2 heterocycles. The first-order valence-corrected chi connectivity index (χ1v) is 15.4. The Bertz CT molecular complexity index is 2170. The number of rotatable bonds is 6. The van der Waals surface area contributed by atoms with Crippen molar-refractivity contribution in [2.75, 3.05) is 0 Å². The zero-order chi connectivity index (χ0) is 30.7. The average Bonchev–Trinajstić information content (AvgIpc) is 3.15. The molecule has 0 aliphatic rings. The predicted molar refractivity (Wildman–Crippen MR) is 190 cm³/mol. The highest BCUT2D eigenvalue weighted by atomic mass is 14.9. The fraction of sp³-hybridized carbons (Fsp3) is 0. The molecule has 0 aliphatic heterocycles. The molecule has 0 fully saturated rings. The lowest BCUT2D eigenvalue weighted by Crippen LogP contribution is -1.96. The van der Waals surface area contributed by atoms with Gasteiger partial charge in [0.25, 0.3) is 0 Å². The van der Waals surface area contributed by atoms with Gasteiger partial charge in [-0.05, 0) is 68.4 Å². The van der Waals surface area contributed by atoms with Crippen LogP contribution in [-0.2, 0) is 0 Å². The van der Waals surface area contributed by atoms with Crippen molar-refractivity contribution in [3.63, 3.8) is 0 Å². The second-order valence-electron chi connectivity index (χ2n) is 11.3. The number of pyridine rings is 1. The molecule has 8 rings (SSSR count). The molecule has 216 valence electrons. The van der Waals surface area contributed by atoms with E-state index in [-0.39, 0.29) is 0 Å². The molecule has 0 unspecified atom stereocenters. The van der Waals surface area contributed by atoms with Gasteiger partial charge in [-0.1, -0.05) is 140 Å².